The van der Waals surface area contributed by atoms with Crippen LogP contribution in [0.15, 0.2) is 54.6 Å². The molecule has 0 saturated carbocycles. The topological polar surface area (TPSA) is 60.2 Å². The van der Waals surface area contributed by atoms with Crippen molar-refractivity contribution in [2.75, 3.05) is 11.5 Å². The molecule has 1 aromatic heterocycles. The van der Waals surface area contributed by atoms with Crippen LogP contribution >= 0.6 is 11.3 Å². The first-order valence-electron chi connectivity index (χ1n) is 9.59. The Balaban J connectivity index is 1.75. The van der Waals surface area contributed by atoms with Crippen molar-refractivity contribution >= 4 is 16.5 Å². The first-order valence-corrected chi connectivity index (χ1v) is 10.4. The SMILES string of the molecule is CCc1sc(N2[C@H](C#N)[C@H](c3ccccc3-c3ccccc3)[C@H]2CO)nc1C. The molecular weight excluding hydrogens is 366 g/mol. The van der Waals surface area contributed by atoms with Crippen LogP contribution in [0.25, 0.3) is 11.1 Å². The summed E-state index contributed by atoms with van der Waals surface area (Å²) in [5.41, 5.74) is 4.38. The number of aromatic nitrogens is 1. The standard InChI is InChI=1S/C23H23N3OS/c1-3-21-15(2)25-23(28-21)26-19(13-24)22(20(26)14-27)18-12-8-7-11-17(18)16-9-5-4-6-10-16/h4-12,19-20,22,27H,3,14H2,1-2H3/t19-,20-,22+/m1/s1. The normalized spacial score (nSPS) is 21.2. The molecule has 1 fully saturated rings. The van der Waals surface area contributed by atoms with Gasteiger partial charge in [-0.3, -0.25) is 0 Å². The molecule has 142 valence electrons. The Bertz CT molecular complexity index is 1010. The van der Waals surface area contributed by atoms with E-state index < -0.39 is 0 Å². The molecule has 1 aliphatic rings. The molecule has 0 aliphatic carbocycles. The van der Waals surface area contributed by atoms with Crippen LogP contribution in [0.4, 0.5) is 5.13 Å². The highest BCUT2D eigenvalue weighted by Crippen LogP contribution is 2.47. The minimum Gasteiger partial charge on any atom is -0.394 e. The summed E-state index contributed by atoms with van der Waals surface area (Å²) in [4.78, 5) is 7.93. The molecule has 4 nitrogen and oxygen atoms in total. The number of hydrogen-bond acceptors (Lipinski definition) is 5. The highest BCUT2D eigenvalue weighted by Gasteiger charge is 2.51. The number of aryl methyl sites for hydroxylation is 2. The molecule has 0 unspecified atom stereocenters. The van der Waals surface area contributed by atoms with E-state index in [2.05, 4.69) is 37.3 Å². The van der Waals surface area contributed by atoms with Gasteiger partial charge >= 0.3 is 0 Å². The molecule has 0 amide bonds. The second kappa shape index (κ2) is 7.75. The van der Waals surface area contributed by atoms with E-state index >= 15 is 0 Å². The minimum atomic E-state index is -0.336. The molecule has 3 atom stereocenters. The van der Waals surface area contributed by atoms with Crippen molar-refractivity contribution in [2.24, 2.45) is 0 Å². The fourth-order valence-corrected chi connectivity index (χ4v) is 5.26. The van der Waals surface area contributed by atoms with Crippen molar-refractivity contribution in [3.05, 3.63) is 70.7 Å². The van der Waals surface area contributed by atoms with Crippen LogP contribution in [-0.2, 0) is 6.42 Å². The first kappa shape index (κ1) is 18.7. The molecule has 2 heterocycles. The third-order valence-electron chi connectivity index (χ3n) is 5.56. The molecule has 1 aliphatic heterocycles. The van der Waals surface area contributed by atoms with Crippen LogP contribution in [0.2, 0.25) is 0 Å². The lowest BCUT2D eigenvalue weighted by atomic mass is 9.74. The summed E-state index contributed by atoms with van der Waals surface area (Å²) in [7, 11) is 0. The maximum absolute atomic E-state index is 10.2. The zero-order valence-corrected chi connectivity index (χ0v) is 16.9. The van der Waals surface area contributed by atoms with Gasteiger partial charge in [0.25, 0.3) is 0 Å². The number of aliphatic hydroxyl groups is 1. The van der Waals surface area contributed by atoms with Crippen molar-refractivity contribution in [2.45, 2.75) is 38.3 Å². The molecule has 1 N–H and O–H groups in total. The number of nitriles is 1. The van der Waals surface area contributed by atoms with Gasteiger partial charge < -0.3 is 10.0 Å². The summed E-state index contributed by atoms with van der Waals surface area (Å²) in [6.07, 6.45) is 0.929. The lowest BCUT2D eigenvalue weighted by Gasteiger charge is -2.52. The average Bonchev–Trinajstić information content (AvgIpc) is 3.09. The minimum absolute atomic E-state index is 0.00788. The first-order chi connectivity index (χ1) is 13.7. The van der Waals surface area contributed by atoms with Crippen molar-refractivity contribution in [3.8, 4) is 17.2 Å². The van der Waals surface area contributed by atoms with E-state index in [1.807, 2.05) is 42.2 Å². The Morgan fingerprint density at radius 3 is 2.50 bits per heavy atom. The fourth-order valence-electron chi connectivity index (χ4n) is 4.16. The summed E-state index contributed by atoms with van der Waals surface area (Å²) in [5.74, 6) is -0.0549. The van der Waals surface area contributed by atoms with Gasteiger partial charge in [0.15, 0.2) is 5.13 Å². The van der Waals surface area contributed by atoms with E-state index in [0.29, 0.717) is 0 Å². The van der Waals surface area contributed by atoms with Gasteiger partial charge in [-0.05, 0) is 30.0 Å². The van der Waals surface area contributed by atoms with E-state index in [1.54, 1.807) is 11.3 Å². The van der Waals surface area contributed by atoms with Crippen molar-refractivity contribution in [1.29, 1.82) is 5.26 Å². The number of benzene rings is 2. The Labute approximate surface area is 169 Å². The molecule has 0 bridgehead atoms. The van der Waals surface area contributed by atoms with E-state index in [4.69, 9.17) is 4.98 Å². The van der Waals surface area contributed by atoms with Crippen molar-refractivity contribution in [3.63, 3.8) is 0 Å². The number of thiazole rings is 1. The zero-order valence-electron chi connectivity index (χ0n) is 16.0. The second-order valence-electron chi connectivity index (χ2n) is 7.07. The van der Waals surface area contributed by atoms with Gasteiger partial charge in [0.05, 0.1) is 24.4 Å². The van der Waals surface area contributed by atoms with Gasteiger partial charge in [-0.2, -0.15) is 5.26 Å². The van der Waals surface area contributed by atoms with Gasteiger partial charge in [-0.1, -0.05) is 61.5 Å². The van der Waals surface area contributed by atoms with Gasteiger partial charge in [0.2, 0.25) is 0 Å². The average molecular weight is 390 g/mol. The van der Waals surface area contributed by atoms with E-state index in [9.17, 15) is 10.4 Å². The quantitative estimate of drug-likeness (QED) is 0.696. The third kappa shape index (κ3) is 2.99. The van der Waals surface area contributed by atoms with Gasteiger partial charge in [0, 0.05) is 10.8 Å². The van der Waals surface area contributed by atoms with Crippen LogP contribution in [0.1, 0.15) is 29.0 Å². The highest BCUT2D eigenvalue weighted by atomic mass is 32.1. The molecule has 3 aromatic rings. The van der Waals surface area contributed by atoms with Gasteiger partial charge in [-0.25, -0.2) is 4.98 Å². The molecule has 28 heavy (non-hydrogen) atoms. The number of nitrogens with zero attached hydrogens (tertiary/aromatic N) is 3. The van der Waals surface area contributed by atoms with Crippen LogP contribution in [0.3, 0.4) is 0 Å². The van der Waals surface area contributed by atoms with Crippen LogP contribution in [0, 0.1) is 18.3 Å². The molecule has 4 rings (SSSR count). The highest BCUT2D eigenvalue weighted by molar-refractivity contribution is 7.15. The Hall–Kier alpha value is -2.68. The Morgan fingerprint density at radius 2 is 1.86 bits per heavy atom. The lowest BCUT2D eigenvalue weighted by Crippen LogP contribution is -2.63. The maximum atomic E-state index is 10.2. The molecule has 1 saturated heterocycles. The molecule has 5 heteroatoms. The molecule has 0 spiro atoms. The number of aliphatic hydroxyl groups excluding tert-OH is 1. The summed E-state index contributed by atoms with van der Waals surface area (Å²) in [5, 5.41) is 21.0. The van der Waals surface area contributed by atoms with Crippen molar-refractivity contribution < 1.29 is 5.11 Å². The largest absolute Gasteiger partial charge is 0.394 e. The van der Waals surface area contributed by atoms with Gasteiger partial charge in [0.1, 0.15) is 6.04 Å². The predicted molar refractivity (Wildman–Crippen MR) is 114 cm³/mol. The third-order valence-corrected chi connectivity index (χ3v) is 6.87. The number of hydrogen-bond donors (Lipinski definition) is 1. The summed E-state index contributed by atoms with van der Waals surface area (Å²) >= 11 is 1.63. The summed E-state index contributed by atoms with van der Waals surface area (Å²) in [6, 6.07) is 20.4. The Kier molecular flexibility index (Phi) is 5.17. The Morgan fingerprint density at radius 1 is 1.14 bits per heavy atom. The molecule has 2 aromatic carbocycles. The van der Waals surface area contributed by atoms with Crippen LogP contribution in [-0.4, -0.2) is 28.8 Å². The van der Waals surface area contributed by atoms with Gasteiger partial charge in [-0.15, -0.1) is 11.3 Å². The number of rotatable bonds is 5. The fraction of sp³-hybridized carbons (Fsp3) is 0.304. The number of anilines is 1. The van der Waals surface area contributed by atoms with Crippen molar-refractivity contribution in [1.82, 2.24) is 4.98 Å². The van der Waals surface area contributed by atoms with E-state index in [-0.39, 0.29) is 24.6 Å². The van der Waals surface area contributed by atoms with Crippen LogP contribution in [0.5, 0.6) is 0 Å². The summed E-state index contributed by atoms with van der Waals surface area (Å²) < 4.78 is 0. The molecular formula is C23H23N3OS. The summed E-state index contributed by atoms with van der Waals surface area (Å²) in [6.45, 7) is 4.12. The smallest absolute Gasteiger partial charge is 0.187 e. The van der Waals surface area contributed by atoms with Crippen LogP contribution < -0.4 is 4.90 Å². The monoisotopic (exact) mass is 389 g/mol. The predicted octanol–water partition coefficient (Wildman–Crippen LogP) is 4.54. The van der Waals surface area contributed by atoms with E-state index in [1.165, 1.54) is 4.88 Å². The zero-order chi connectivity index (χ0) is 19.7. The van der Waals surface area contributed by atoms with E-state index in [0.717, 1.165) is 33.9 Å². The lowest BCUT2D eigenvalue weighted by molar-refractivity contribution is 0.188. The second-order valence-corrected chi connectivity index (χ2v) is 8.13. The molecule has 0 radical (unpaired) electrons. The maximum Gasteiger partial charge on any atom is 0.187 e.